The van der Waals surface area contributed by atoms with Crippen molar-refractivity contribution in [3.63, 3.8) is 0 Å². The zero-order valence-electron chi connectivity index (χ0n) is 11.2. The van der Waals surface area contributed by atoms with Gasteiger partial charge in [0.1, 0.15) is 0 Å². The first-order chi connectivity index (χ1) is 9.65. The van der Waals surface area contributed by atoms with Crippen LogP contribution in [0.15, 0.2) is 18.6 Å². The molecule has 7 heteroatoms. The number of H-pyrrole nitrogens is 1. The molecule has 1 aliphatic heterocycles. The molecular weight excluding hydrogens is 258 g/mol. The van der Waals surface area contributed by atoms with E-state index in [0.717, 1.165) is 5.52 Å². The molecule has 0 unspecified atom stereocenters. The van der Waals surface area contributed by atoms with Crippen molar-refractivity contribution >= 4 is 23.0 Å². The summed E-state index contributed by atoms with van der Waals surface area (Å²) in [6.45, 7) is 3.83. The zero-order valence-corrected chi connectivity index (χ0v) is 11.2. The first-order valence-electron chi connectivity index (χ1n) is 6.49. The molecule has 0 aliphatic carbocycles. The highest BCUT2D eigenvalue weighted by Crippen LogP contribution is 2.12. The number of nitrogens with one attached hydrogen (secondary N) is 1. The number of aromatic amines is 1. The number of carbonyl (C=O) groups is 2. The van der Waals surface area contributed by atoms with Crippen molar-refractivity contribution in [2.24, 2.45) is 0 Å². The first-order valence-corrected chi connectivity index (χ1v) is 6.49. The lowest BCUT2D eigenvalue weighted by atomic mass is 10.2. The van der Waals surface area contributed by atoms with E-state index in [4.69, 9.17) is 0 Å². The Morgan fingerprint density at radius 3 is 2.55 bits per heavy atom. The minimum absolute atomic E-state index is 0.0534. The van der Waals surface area contributed by atoms with Gasteiger partial charge in [0.15, 0.2) is 5.65 Å². The predicted molar refractivity (Wildman–Crippen MR) is 72.0 cm³/mol. The Kier molecular flexibility index (Phi) is 3.09. The maximum absolute atomic E-state index is 12.4. The molecule has 0 aromatic carbocycles. The lowest BCUT2D eigenvalue weighted by molar-refractivity contribution is -0.130. The molecule has 0 radical (unpaired) electrons. The second kappa shape index (κ2) is 4.92. The van der Waals surface area contributed by atoms with Crippen molar-refractivity contribution in [1.29, 1.82) is 0 Å². The SMILES string of the molecule is CC(=O)N1CCN(C(=O)c2cnc3nc[nH]c3c2)CC1. The van der Waals surface area contributed by atoms with E-state index < -0.39 is 0 Å². The molecule has 0 spiro atoms. The standard InChI is InChI=1S/C13H15N5O2/c1-9(19)17-2-4-18(5-3-17)13(20)10-6-11-12(14-7-10)16-8-15-11/h6-8H,2-5H2,1H3,(H,14,15,16). The molecule has 0 bridgehead atoms. The molecule has 7 nitrogen and oxygen atoms in total. The summed E-state index contributed by atoms with van der Waals surface area (Å²) in [7, 11) is 0. The Labute approximate surface area is 115 Å². The molecule has 20 heavy (non-hydrogen) atoms. The number of nitrogens with zero attached hydrogens (tertiary/aromatic N) is 4. The summed E-state index contributed by atoms with van der Waals surface area (Å²) >= 11 is 0. The van der Waals surface area contributed by atoms with E-state index in [0.29, 0.717) is 37.4 Å². The van der Waals surface area contributed by atoms with Gasteiger partial charge in [0.25, 0.3) is 5.91 Å². The van der Waals surface area contributed by atoms with Gasteiger partial charge in [-0.3, -0.25) is 9.59 Å². The average molecular weight is 273 g/mol. The highest BCUT2D eigenvalue weighted by Gasteiger charge is 2.23. The molecule has 3 heterocycles. The zero-order chi connectivity index (χ0) is 14.1. The summed E-state index contributed by atoms with van der Waals surface area (Å²) in [6, 6.07) is 1.76. The highest BCUT2D eigenvalue weighted by atomic mass is 16.2. The molecule has 1 N–H and O–H groups in total. The maximum Gasteiger partial charge on any atom is 0.255 e. The van der Waals surface area contributed by atoms with Crippen LogP contribution in [0.4, 0.5) is 0 Å². The van der Waals surface area contributed by atoms with Crippen molar-refractivity contribution < 1.29 is 9.59 Å². The van der Waals surface area contributed by atoms with Gasteiger partial charge in [-0.25, -0.2) is 9.97 Å². The fraction of sp³-hybridized carbons (Fsp3) is 0.385. The van der Waals surface area contributed by atoms with Crippen molar-refractivity contribution in [2.45, 2.75) is 6.92 Å². The Morgan fingerprint density at radius 2 is 1.85 bits per heavy atom. The number of rotatable bonds is 1. The molecule has 3 rings (SSSR count). The van der Waals surface area contributed by atoms with Crippen molar-refractivity contribution in [2.75, 3.05) is 26.2 Å². The van der Waals surface area contributed by atoms with E-state index in [9.17, 15) is 9.59 Å². The molecule has 2 aromatic heterocycles. The van der Waals surface area contributed by atoms with Crippen LogP contribution in [0.3, 0.4) is 0 Å². The molecule has 2 aromatic rings. The van der Waals surface area contributed by atoms with Gasteiger partial charge in [-0.05, 0) is 6.07 Å². The van der Waals surface area contributed by atoms with Crippen LogP contribution in [0.2, 0.25) is 0 Å². The number of amides is 2. The molecule has 1 aliphatic rings. The molecule has 1 saturated heterocycles. The van der Waals surface area contributed by atoms with Crippen LogP contribution < -0.4 is 0 Å². The van der Waals surface area contributed by atoms with Crippen molar-refractivity contribution in [1.82, 2.24) is 24.8 Å². The maximum atomic E-state index is 12.4. The summed E-state index contributed by atoms with van der Waals surface area (Å²) in [6.07, 6.45) is 3.10. The third kappa shape index (κ3) is 2.22. The summed E-state index contributed by atoms with van der Waals surface area (Å²) < 4.78 is 0. The topological polar surface area (TPSA) is 82.2 Å². The number of pyridine rings is 1. The van der Waals surface area contributed by atoms with E-state index in [1.54, 1.807) is 35.3 Å². The number of fused-ring (bicyclic) bond motifs is 1. The second-order valence-electron chi connectivity index (χ2n) is 4.80. The number of piperazine rings is 1. The number of hydrogen-bond acceptors (Lipinski definition) is 4. The van der Waals surface area contributed by atoms with E-state index in [-0.39, 0.29) is 11.8 Å². The van der Waals surface area contributed by atoms with Gasteiger partial charge in [-0.2, -0.15) is 0 Å². The number of hydrogen-bond donors (Lipinski definition) is 1. The average Bonchev–Trinajstić information content (AvgIpc) is 2.94. The number of carbonyl (C=O) groups excluding carboxylic acids is 2. The fourth-order valence-corrected chi connectivity index (χ4v) is 2.35. The van der Waals surface area contributed by atoms with E-state index in [1.165, 1.54) is 0 Å². The van der Waals surface area contributed by atoms with Gasteiger partial charge in [-0.15, -0.1) is 0 Å². The van der Waals surface area contributed by atoms with Crippen LogP contribution in [0.1, 0.15) is 17.3 Å². The second-order valence-corrected chi connectivity index (χ2v) is 4.80. The Hall–Kier alpha value is -2.44. The van der Waals surface area contributed by atoms with Gasteiger partial charge in [-0.1, -0.05) is 0 Å². The molecule has 104 valence electrons. The van der Waals surface area contributed by atoms with Crippen molar-refractivity contribution in [3.8, 4) is 0 Å². The van der Waals surface area contributed by atoms with Crippen LogP contribution in [-0.2, 0) is 4.79 Å². The fourth-order valence-electron chi connectivity index (χ4n) is 2.35. The van der Waals surface area contributed by atoms with Crippen LogP contribution in [0.25, 0.3) is 11.2 Å². The largest absolute Gasteiger partial charge is 0.343 e. The van der Waals surface area contributed by atoms with Gasteiger partial charge in [0.05, 0.1) is 17.4 Å². The predicted octanol–water partition coefficient (Wildman–Crippen LogP) is 0.262. The van der Waals surface area contributed by atoms with Crippen molar-refractivity contribution in [3.05, 3.63) is 24.2 Å². The lowest BCUT2D eigenvalue weighted by Gasteiger charge is -2.34. The number of aromatic nitrogens is 3. The summed E-state index contributed by atoms with van der Waals surface area (Å²) in [4.78, 5) is 38.3. The van der Waals surface area contributed by atoms with Gasteiger partial charge in [0, 0.05) is 39.3 Å². The Morgan fingerprint density at radius 1 is 1.15 bits per heavy atom. The Balaban J connectivity index is 1.74. The van der Waals surface area contributed by atoms with E-state index >= 15 is 0 Å². The Bertz CT molecular complexity index is 658. The summed E-state index contributed by atoms with van der Waals surface area (Å²) in [5, 5.41) is 0. The lowest BCUT2D eigenvalue weighted by Crippen LogP contribution is -2.50. The smallest absolute Gasteiger partial charge is 0.255 e. The third-order valence-electron chi connectivity index (χ3n) is 3.53. The third-order valence-corrected chi connectivity index (χ3v) is 3.53. The number of imidazole rings is 1. The van der Waals surface area contributed by atoms with Gasteiger partial charge < -0.3 is 14.8 Å². The van der Waals surface area contributed by atoms with E-state index in [2.05, 4.69) is 15.0 Å². The van der Waals surface area contributed by atoms with Gasteiger partial charge >= 0.3 is 0 Å². The monoisotopic (exact) mass is 273 g/mol. The van der Waals surface area contributed by atoms with Crippen LogP contribution in [-0.4, -0.2) is 62.7 Å². The van der Waals surface area contributed by atoms with E-state index in [1.807, 2.05) is 0 Å². The first kappa shape index (κ1) is 12.6. The minimum atomic E-state index is -0.0581. The normalized spacial score (nSPS) is 15.7. The molecule has 1 fully saturated rings. The molecule has 0 atom stereocenters. The highest BCUT2D eigenvalue weighted by molar-refractivity contribution is 5.96. The van der Waals surface area contributed by atoms with Crippen LogP contribution in [0, 0.1) is 0 Å². The van der Waals surface area contributed by atoms with Gasteiger partial charge in [0.2, 0.25) is 5.91 Å². The summed E-state index contributed by atoms with van der Waals surface area (Å²) in [5.41, 5.74) is 1.89. The molecule has 2 amide bonds. The quantitative estimate of drug-likeness (QED) is 0.808. The minimum Gasteiger partial charge on any atom is -0.343 e. The summed E-state index contributed by atoms with van der Waals surface area (Å²) in [5.74, 6) is -0.00477. The van der Waals surface area contributed by atoms with Crippen LogP contribution in [0.5, 0.6) is 0 Å². The molecule has 0 saturated carbocycles. The van der Waals surface area contributed by atoms with Crippen LogP contribution >= 0.6 is 0 Å². The molecular formula is C13H15N5O2.